The molecule has 0 unspecified atom stereocenters. The Hall–Kier alpha value is -1.90. The normalized spacial score (nSPS) is 11.1. The smallest absolute Gasteiger partial charge is 0.224 e. The minimum atomic E-state index is -3.56. The maximum Gasteiger partial charge on any atom is 0.224 e. The highest BCUT2D eigenvalue weighted by atomic mass is 79.9. The van der Waals surface area contributed by atoms with E-state index in [9.17, 15) is 13.2 Å². The van der Waals surface area contributed by atoms with E-state index in [0.29, 0.717) is 30.7 Å². The van der Waals surface area contributed by atoms with Crippen LogP contribution in [0.3, 0.4) is 0 Å². The number of primary sulfonamides is 1. The summed E-state index contributed by atoms with van der Waals surface area (Å²) in [6.07, 6.45) is 0.911. The Morgan fingerprint density at radius 2 is 1.88 bits per heavy atom. The monoisotopic (exact) mass is 426 g/mol. The summed E-state index contributed by atoms with van der Waals surface area (Å²) < 4.78 is 28.6. The summed E-state index contributed by atoms with van der Waals surface area (Å²) in [4.78, 5) is 11.9. The molecule has 0 radical (unpaired) electrons. The minimum absolute atomic E-state index is 0.128. The number of hydrogen-bond acceptors (Lipinski definition) is 4. The Morgan fingerprint density at radius 3 is 2.52 bits per heavy atom. The number of hydrogen-bond donors (Lipinski definition) is 2. The topological polar surface area (TPSA) is 98.5 Å². The van der Waals surface area contributed by atoms with Crippen molar-refractivity contribution in [2.75, 3.05) is 11.9 Å². The van der Waals surface area contributed by atoms with Crippen LogP contribution in [0.4, 0.5) is 5.69 Å². The van der Waals surface area contributed by atoms with Gasteiger partial charge in [-0.25, -0.2) is 13.6 Å². The predicted octanol–water partition coefficient (Wildman–Crippen LogP) is 3.04. The number of halogens is 1. The summed E-state index contributed by atoms with van der Waals surface area (Å²) in [7, 11) is -3.56. The molecule has 1 amide bonds. The van der Waals surface area contributed by atoms with Crippen molar-refractivity contribution >= 4 is 37.5 Å². The molecule has 2 aromatic carbocycles. The molecule has 0 saturated carbocycles. The second-order valence-corrected chi connectivity index (χ2v) is 7.99. The van der Waals surface area contributed by atoms with Gasteiger partial charge in [-0.05, 0) is 42.3 Å². The first kappa shape index (κ1) is 19.4. The van der Waals surface area contributed by atoms with Gasteiger partial charge >= 0.3 is 0 Å². The molecule has 2 rings (SSSR count). The number of nitrogens with one attached hydrogen (secondary N) is 1. The van der Waals surface area contributed by atoms with Gasteiger partial charge in [-0.2, -0.15) is 0 Å². The molecule has 25 heavy (non-hydrogen) atoms. The van der Waals surface area contributed by atoms with Crippen LogP contribution in [0.25, 0.3) is 0 Å². The van der Waals surface area contributed by atoms with Gasteiger partial charge in [0.05, 0.1) is 12.4 Å². The first-order valence-electron chi connectivity index (χ1n) is 7.59. The third kappa shape index (κ3) is 7.68. The summed E-state index contributed by atoms with van der Waals surface area (Å²) >= 11 is 3.37. The van der Waals surface area contributed by atoms with Gasteiger partial charge in [0.15, 0.2) is 0 Å². The molecule has 0 atom stereocenters. The lowest BCUT2D eigenvalue weighted by Gasteiger charge is -2.08. The number of anilines is 1. The van der Waals surface area contributed by atoms with Gasteiger partial charge < -0.3 is 10.1 Å². The number of benzene rings is 2. The Labute approximate surface area is 155 Å². The Balaban J connectivity index is 1.73. The molecule has 8 heteroatoms. The van der Waals surface area contributed by atoms with Crippen LogP contribution in [0.5, 0.6) is 5.75 Å². The number of rotatable bonds is 8. The van der Waals surface area contributed by atoms with Crippen LogP contribution in [0, 0.1) is 0 Å². The van der Waals surface area contributed by atoms with Crippen molar-refractivity contribution in [2.24, 2.45) is 5.14 Å². The lowest BCUT2D eigenvalue weighted by molar-refractivity contribution is -0.116. The molecule has 3 N–H and O–H groups in total. The first-order chi connectivity index (χ1) is 11.8. The van der Waals surface area contributed by atoms with E-state index in [-0.39, 0.29) is 11.7 Å². The van der Waals surface area contributed by atoms with E-state index in [0.717, 1.165) is 10.2 Å². The van der Waals surface area contributed by atoms with Gasteiger partial charge in [-0.3, -0.25) is 4.79 Å². The molecular weight excluding hydrogens is 408 g/mol. The van der Waals surface area contributed by atoms with Crippen molar-refractivity contribution in [3.63, 3.8) is 0 Å². The van der Waals surface area contributed by atoms with E-state index >= 15 is 0 Å². The maximum atomic E-state index is 11.9. The van der Waals surface area contributed by atoms with Gasteiger partial charge in [-0.15, -0.1) is 0 Å². The summed E-state index contributed by atoms with van der Waals surface area (Å²) in [5.74, 6) is 0.394. The second-order valence-electron chi connectivity index (χ2n) is 5.46. The van der Waals surface area contributed by atoms with Crippen molar-refractivity contribution in [3.8, 4) is 5.75 Å². The largest absolute Gasteiger partial charge is 0.494 e. The van der Waals surface area contributed by atoms with E-state index in [2.05, 4.69) is 21.2 Å². The molecule has 0 bridgehead atoms. The number of amides is 1. The van der Waals surface area contributed by atoms with Crippen molar-refractivity contribution in [1.29, 1.82) is 0 Å². The molecule has 0 saturated heterocycles. The Morgan fingerprint density at radius 1 is 1.16 bits per heavy atom. The van der Waals surface area contributed by atoms with Crippen LogP contribution in [-0.4, -0.2) is 20.9 Å². The van der Waals surface area contributed by atoms with Crippen LogP contribution in [0.2, 0.25) is 0 Å². The van der Waals surface area contributed by atoms with Gasteiger partial charge in [0, 0.05) is 16.6 Å². The van der Waals surface area contributed by atoms with Gasteiger partial charge in [0.1, 0.15) is 5.75 Å². The van der Waals surface area contributed by atoms with E-state index in [1.807, 2.05) is 24.3 Å². The average molecular weight is 427 g/mol. The van der Waals surface area contributed by atoms with Gasteiger partial charge in [0.25, 0.3) is 0 Å². The quantitative estimate of drug-likeness (QED) is 0.633. The van der Waals surface area contributed by atoms with Crippen molar-refractivity contribution in [2.45, 2.75) is 18.6 Å². The number of ether oxygens (including phenoxy) is 1. The highest BCUT2D eigenvalue weighted by Crippen LogP contribution is 2.18. The molecule has 6 nitrogen and oxygen atoms in total. The minimum Gasteiger partial charge on any atom is -0.494 e. The van der Waals surface area contributed by atoms with Crippen molar-refractivity contribution in [1.82, 2.24) is 0 Å². The lowest BCUT2D eigenvalue weighted by Crippen LogP contribution is -2.15. The lowest BCUT2D eigenvalue weighted by atomic mass is 10.2. The summed E-state index contributed by atoms with van der Waals surface area (Å²) in [6.45, 7) is 0.442. The van der Waals surface area contributed by atoms with E-state index in [1.165, 1.54) is 0 Å². The zero-order valence-electron chi connectivity index (χ0n) is 13.4. The Bertz CT molecular complexity index is 823. The first-order valence-corrected chi connectivity index (χ1v) is 10.1. The fourth-order valence-electron chi connectivity index (χ4n) is 2.12. The number of carbonyl (C=O) groups excluding carboxylic acids is 1. The third-order valence-corrected chi connectivity index (χ3v) is 4.45. The zero-order chi connectivity index (χ0) is 18.3. The maximum absolute atomic E-state index is 11.9. The molecule has 0 aliphatic heterocycles. The zero-order valence-corrected chi connectivity index (χ0v) is 15.8. The van der Waals surface area contributed by atoms with Crippen LogP contribution < -0.4 is 15.2 Å². The second kappa shape index (κ2) is 8.98. The fraction of sp³-hybridized carbons (Fsp3) is 0.235. The molecule has 134 valence electrons. The molecule has 0 aromatic heterocycles. The molecule has 0 aliphatic carbocycles. The number of sulfonamides is 1. The Kier molecular flexibility index (Phi) is 6.98. The highest BCUT2D eigenvalue weighted by Gasteiger charge is 2.06. The molecule has 2 aromatic rings. The van der Waals surface area contributed by atoms with Crippen LogP contribution in [0.1, 0.15) is 18.4 Å². The van der Waals surface area contributed by atoms with Crippen molar-refractivity contribution in [3.05, 3.63) is 58.6 Å². The van der Waals surface area contributed by atoms with Gasteiger partial charge in [-0.1, -0.05) is 34.1 Å². The molecular formula is C17H19BrN2O4S. The van der Waals surface area contributed by atoms with E-state index < -0.39 is 10.0 Å². The molecule has 0 spiro atoms. The third-order valence-electron chi connectivity index (χ3n) is 3.22. The van der Waals surface area contributed by atoms with Crippen molar-refractivity contribution < 1.29 is 17.9 Å². The summed E-state index contributed by atoms with van der Waals surface area (Å²) in [5.41, 5.74) is 1.18. The summed E-state index contributed by atoms with van der Waals surface area (Å²) in [5, 5.41) is 7.75. The fourth-order valence-corrected chi connectivity index (χ4v) is 3.15. The van der Waals surface area contributed by atoms with Crippen LogP contribution >= 0.6 is 15.9 Å². The predicted molar refractivity (Wildman–Crippen MR) is 101 cm³/mol. The molecule has 0 aliphatic rings. The van der Waals surface area contributed by atoms with E-state index in [4.69, 9.17) is 9.88 Å². The van der Waals surface area contributed by atoms with Gasteiger partial charge in [0.2, 0.25) is 15.9 Å². The number of nitrogens with two attached hydrogens (primary N) is 1. The summed E-state index contributed by atoms with van der Waals surface area (Å²) in [6, 6.07) is 14.1. The molecule has 0 heterocycles. The number of carbonyl (C=O) groups is 1. The van der Waals surface area contributed by atoms with Crippen LogP contribution in [0.15, 0.2) is 53.0 Å². The van der Waals surface area contributed by atoms with Crippen LogP contribution in [-0.2, 0) is 20.6 Å². The molecule has 0 fully saturated rings. The van der Waals surface area contributed by atoms with E-state index in [1.54, 1.807) is 24.3 Å². The highest BCUT2D eigenvalue weighted by molar-refractivity contribution is 9.10. The average Bonchev–Trinajstić information content (AvgIpc) is 2.52. The standard InChI is InChI=1S/C17H19BrN2O4S/c18-14-3-1-4-16(11-14)24-10-2-5-17(21)20-15-8-6-13(7-9-15)12-25(19,22)23/h1,3-4,6-9,11H,2,5,10,12H2,(H,20,21)(H2,19,22,23). The SMILES string of the molecule is NS(=O)(=O)Cc1ccc(NC(=O)CCCOc2cccc(Br)c2)cc1.